The molecule has 1 atom stereocenters. The molecule has 0 spiro atoms. The summed E-state index contributed by atoms with van der Waals surface area (Å²) in [6, 6.07) is 13.9. The number of nitrogens with one attached hydrogen (secondary N) is 1. The number of amides is 1. The summed E-state index contributed by atoms with van der Waals surface area (Å²) in [5.41, 5.74) is 2.38. The van der Waals surface area contributed by atoms with E-state index in [9.17, 15) is 18.0 Å². The smallest absolute Gasteiger partial charge is 0.382 e. The largest absolute Gasteiger partial charge is 0.428 e. The van der Waals surface area contributed by atoms with Gasteiger partial charge < -0.3 is 10.2 Å². The molecule has 1 aliphatic rings. The summed E-state index contributed by atoms with van der Waals surface area (Å²) in [6.07, 6.45) is -1.34. The first-order valence-corrected chi connectivity index (χ1v) is 11.0. The monoisotopic (exact) mass is 527 g/mol. The Hall–Kier alpha value is -3.10. The lowest BCUT2D eigenvalue weighted by molar-refractivity contribution is -0.212. The Balaban J connectivity index is 0.000000273. The van der Waals surface area contributed by atoms with Crippen LogP contribution in [0.5, 0.6) is 0 Å². The van der Waals surface area contributed by atoms with E-state index in [1.54, 1.807) is 80.9 Å². The lowest BCUT2D eigenvalue weighted by Crippen LogP contribution is -2.28. The summed E-state index contributed by atoms with van der Waals surface area (Å²) in [4.78, 5) is 19.0. The molecule has 1 aromatic carbocycles. The van der Waals surface area contributed by atoms with Gasteiger partial charge in [0.05, 0.1) is 5.71 Å². The fourth-order valence-electron chi connectivity index (χ4n) is 2.45. The number of oxime groups is 1. The van der Waals surface area contributed by atoms with Gasteiger partial charge in [-0.2, -0.15) is 13.2 Å². The minimum Gasteiger partial charge on any atom is -0.382 e. The second kappa shape index (κ2) is 15.0. The number of carbonyl (C=O) groups excluding carboxylic acids is 1. The second-order valence-electron chi connectivity index (χ2n) is 7.14. The Labute approximate surface area is 213 Å². The molecule has 35 heavy (non-hydrogen) atoms. The van der Waals surface area contributed by atoms with Gasteiger partial charge in [0, 0.05) is 29.7 Å². The van der Waals surface area contributed by atoms with Crippen LogP contribution in [-0.4, -0.2) is 35.9 Å². The number of allylic oxidation sites excluding steroid dienone is 5. The average molecular weight is 528 g/mol. The highest BCUT2D eigenvalue weighted by molar-refractivity contribution is 6.34. The zero-order valence-corrected chi connectivity index (χ0v) is 21.0. The normalized spacial score (nSPS) is 15.4. The van der Waals surface area contributed by atoms with Crippen molar-refractivity contribution in [3.8, 4) is 0 Å². The van der Waals surface area contributed by atoms with E-state index in [0.29, 0.717) is 27.0 Å². The van der Waals surface area contributed by atoms with Crippen molar-refractivity contribution in [2.75, 3.05) is 7.05 Å². The molecule has 0 bridgehead atoms. The van der Waals surface area contributed by atoms with Gasteiger partial charge in [-0.3, -0.25) is 9.78 Å². The van der Waals surface area contributed by atoms with E-state index in [2.05, 4.69) is 26.9 Å². The topological polar surface area (TPSA) is 63.6 Å². The number of pyridine rings is 1. The average Bonchev–Trinajstić information content (AvgIpc) is 3.31. The number of halogens is 5. The van der Waals surface area contributed by atoms with Crippen LogP contribution in [-0.2, 0) is 4.84 Å². The molecule has 0 radical (unpaired) electrons. The summed E-state index contributed by atoms with van der Waals surface area (Å²) in [5, 5.41) is 7.21. The van der Waals surface area contributed by atoms with Crippen molar-refractivity contribution in [1.29, 1.82) is 0 Å². The number of alkyl halides is 3. The maximum atomic E-state index is 12.3. The summed E-state index contributed by atoms with van der Waals surface area (Å²) in [6.45, 7) is 7.32. The number of aromatic nitrogens is 1. The Morgan fingerprint density at radius 1 is 1.11 bits per heavy atom. The van der Waals surface area contributed by atoms with Gasteiger partial charge in [-0.15, -0.1) is 0 Å². The highest BCUT2D eigenvalue weighted by atomic mass is 35.5. The number of rotatable bonds is 4. The van der Waals surface area contributed by atoms with Gasteiger partial charge in [-0.1, -0.05) is 76.9 Å². The van der Waals surface area contributed by atoms with Crippen LogP contribution in [0.4, 0.5) is 13.2 Å². The molecular formula is C25H26Cl2F3N3O2. The van der Waals surface area contributed by atoms with Crippen LogP contribution >= 0.6 is 23.2 Å². The predicted molar refractivity (Wildman–Crippen MR) is 135 cm³/mol. The van der Waals surface area contributed by atoms with E-state index >= 15 is 0 Å². The van der Waals surface area contributed by atoms with Crippen LogP contribution in [0.15, 0.2) is 94.3 Å². The first-order valence-electron chi connectivity index (χ1n) is 10.3. The third kappa shape index (κ3) is 12.2. The Kier molecular flexibility index (Phi) is 12.8. The molecule has 1 N–H and O–H groups in total. The zero-order chi connectivity index (χ0) is 26.4. The molecule has 1 amide bonds. The van der Waals surface area contributed by atoms with Crippen molar-refractivity contribution in [2.24, 2.45) is 5.16 Å². The fourth-order valence-corrected chi connectivity index (χ4v) is 2.97. The van der Waals surface area contributed by atoms with E-state index in [0.717, 1.165) is 5.57 Å². The van der Waals surface area contributed by atoms with Crippen molar-refractivity contribution in [2.45, 2.75) is 32.5 Å². The maximum absolute atomic E-state index is 12.3. The van der Waals surface area contributed by atoms with Crippen LogP contribution in [0, 0.1) is 0 Å². The molecule has 188 valence electrons. The molecule has 0 saturated heterocycles. The van der Waals surface area contributed by atoms with Crippen LogP contribution in [0.25, 0.3) is 0 Å². The van der Waals surface area contributed by atoms with Crippen LogP contribution < -0.4 is 5.32 Å². The number of benzene rings is 1. The molecule has 10 heteroatoms. The Bertz CT molecular complexity index is 1050. The summed E-state index contributed by atoms with van der Waals surface area (Å²) in [7, 11) is 1.58. The van der Waals surface area contributed by atoms with Crippen LogP contribution in [0.3, 0.4) is 0 Å². The molecule has 5 nitrogen and oxygen atoms in total. The van der Waals surface area contributed by atoms with Gasteiger partial charge in [-0.25, -0.2) is 0 Å². The molecule has 3 rings (SSSR count). The van der Waals surface area contributed by atoms with Crippen LogP contribution in [0.1, 0.15) is 36.3 Å². The summed E-state index contributed by atoms with van der Waals surface area (Å²) in [5.74, 6) is -0.152. The van der Waals surface area contributed by atoms with Crippen molar-refractivity contribution in [1.82, 2.24) is 10.3 Å². The third-order valence-corrected chi connectivity index (χ3v) is 4.31. The van der Waals surface area contributed by atoms with Gasteiger partial charge in [0.15, 0.2) is 0 Å². The first-order chi connectivity index (χ1) is 16.4. The highest BCUT2D eigenvalue weighted by Crippen LogP contribution is 2.30. The minimum atomic E-state index is -4.35. The van der Waals surface area contributed by atoms with Gasteiger partial charge in [0.2, 0.25) is 6.10 Å². The van der Waals surface area contributed by atoms with E-state index < -0.39 is 12.3 Å². The number of hydrogen-bond acceptors (Lipinski definition) is 4. The standard InChI is InChI=1S/C10H8F3NO.C8H10Cl2.C7H8N2O/c11-10(12,13)9-6-8(14-15-9)7-4-2-1-3-5-7;1-6(2)4-8(10)5-7(3)9;1-8-7(10)6-4-2-3-5-9-6/h1-5,9H,6H2;4-5H,1H2,2-3H3;2-5H,1H3,(H,8,10)/b;7-5+,8-4+;. The van der Waals surface area contributed by atoms with Crippen molar-refractivity contribution in [3.05, 3.63) is 100 Å². The van der Waals surface area contributed by atoms with Crippen LogP contribution in [0.2, 0.25) is 0 Å². The molecule has 2 aromatic rings. The van der Waals surface area contributed by atoms with Crippen molar-refractivity contribution < 1.29 is 22.8 Å². The molecule has 1 aromatic heterocycles. The number of nitrogens with zero attached hydrogens (tertiary/aromatic N) is 2. The van der Waals surface area contributed by atoms with E-state index in [1.807, 2.05) is 6.92 Å². The van der Waals surface area contributed by atoms with Gasteiger partial charge in [0.1, 0.15) is 5.69 Å². The molecule has 1 unspecified atom stereocenters. The minimum absolute atomic E-state index is 0.152. The number of hydrogen-bond donors (Lipinski definition) is 1. The lowest BCUT2D eigenvalue weighted by atomic mass is 10.1. The van der Waals surface area contributed by atoms with Gasteiger partial charge in [0.25, 0.3) is 5.91 Å². The molecule has 0 aliphatic carbocycles. The SMILES string of the molecule is C=C(C)/C=C(Cl)\C=C(/C)Cl.CNC(=O)c1ccccn1.FC(F)(F)C1CC(c2ccccc2)=NO1. The van der Waals surface area contributed by atoms with Gasteiger partial charge >= 0.3 is 6.18 Å². The van der Waals surface area contributed by atoms with Crippen molar-refractivity contribution in [3.63, 3.8) is 0 Å². The quantitative estimate of drug-likeness (QED) is 0.435. The lowest BCUT2D eigenvalue weighted by Gasteiger charge is -2.11. The number of carbonyl (C=O) groups is 1. The first kappa shape index (κ1) is 29.9. The van der Waals surface area contributed by atoms with E-state index in [1.165, 1.54) is 0 Å². The predicted octanol–water partition coefficient (Wildman–Crippen LogP) is 7.01. The maximum Gasteiger partial charge on any atom is 0.428 e. The zero-order valence-electron chi connectivity index (χ0n) is 19.4. The second-order valence-corrected chi connectivity index (χ2v) is 8.18. The molecular weight excluding hydrogens is 502 g/mol. The molecule has 2 heterocycles. The Morgan fingerprint density at radius 2 is 1.74 bits per heavy atom. The Morgan fingerprint density at radius 3 is 2.20 bits per heavy atom. The summed E-state index contributed by atoms with van der Waals surface area (Å²) >= 11 is 11.3. The van der Waals surface area contributed by atoms with Crippen molar-refractivity contribution >= 4 is 34.8 Å². The molecule has 0 saturated carbocycles. The fraction of sp³-hybridized carbons (Fsp3) is 0.240. The van der Waals surface area contributed by atoms with E-state index in [-0.39, 0.29) is 12.3 Å². The highest BCUT2D eigenvalue weighted by Gasteiger charge is 2.45. The van der Waals surface area contributed by atoms with E-state index in [4.69, 9.17) is 23.2 Å². The third-order valence-electron chi connectivity index (χ3n) is 3.99. The van der Waals surface area contributed by atoms with Gasteiger partial charge in [-0.05, 0) is 43.7 Å². The molecule has 0 fully saturated rings. The molecule has 1 aliphatic heterocycles. The summed E-state index contributed by atoms with van der Waals surface area (Å²) < 4.78 is 36.8.